The Bertz CT molecular complexity index is 93.7. The molecule has 0 atom stereocenters. The molecule has 1 aliphatic rings. The van der Waals surface area contributed by atoms with Gasteiger partial charge < -0.3 is 5.32 Å². The minimum absolute atomic E-state index is 0.707. The second kappa shape index (κ2) is 1.12. The molecule has 2 heteroatoms. The summed E-state index contributed by atoms with van der Waals surface area (Å²) in [5, 5.41) is 2.90. The fourth-order valence-corrected chi connectivity index (χ4v) is 0.349. The molecule has 0 bridgehead atoms. The molecule has 1 heterocycles. The third kappa shape index (κ3) is 0.407. The lowest BCUT2D eigenvalue weighted by atomic mass is 10.6. The van der Waals surface area contributed by atoms with Crippen molar-refractivity contribution in [3.8, 4) is 0 Å². The molecule has 0 aromatic rings. The lowest BCUT2D eigenvalue weighted by molar-refractivity contribution is 0.912. The van der Waals surface area contributed by atoms with Crippen LogP contribution in [0.4, 0.5) is 0 Å². The van der Waals surface area contributed by atoms with Crippen LogP contribution >= 0.6 is 0 Å². The standard InChI is InChI=1S/C4H6N2/c1-4-2-5-3-6-4/h2,6H,1,3H2. The van der Waals surface area contributed by atoms with Crippen molar-refractivity contribution in [2.45, 2.75) is 0 Å². The first kappa shape index (κ1) is 3.40. The van der Waals surface area contributed by atoms with Crippen molar-refractivity contribution in [1.82, 2.24) is 5.32 Å². The number of rotatable bonds is 0. The van der Waals surface area contributed by atoms with Crippen molar-refractivity contribution >= 4 is 6.21 Å². The maximum Gasteiger partial charge on any atom is 0.107 e. The van der Waals surface area contributed by atoms with Gasteiger partial charge in [0.05, 0.1) is 0 Å². The molecule has 2 nitrogen and oxygen atoms in total. The van der Waals surface area contributed by atoms with Crippen LogP contribution in [0.25, 0.3) is 0 Å². The van der Waals surface area contributed by atoms with Gasteiger partial charge in [0.25, 0.3) is 0 Å². The monoisotopic (exact) mass is 82.1 g/mol. The summed E-state index contributed by atoms with van der Waals surface area (Å²) in [5.74, 6) is 0. The predicted molar refractivity (Wildman–Crippen MR) is 25.6 cm³/mol. The highest BCUT2D eigenvalue weighted by molar-refractivity contribution is 5.78. The Labute approximate surface area is 36.6 Å². The van der Waals surface area contributed by atoms with E-state index in [4.69, 9.17) is 0 Å². The number of allylic oxidation sites excluding steroid dienone is 1. The third-order valence-electron chi connectivity index (χ3n) is 0.645. The zero-order valence-corrected chi connectivity index (χ0v) is 3.44. The molecule has 0 fully saturated rings. The van der Waals surface area contributed by atoms with E-state index in [-0.39, 0.29) is 0 Å². The quantitative estimate of drug-likeness (QED) is 0.441. The normalized spacial score (nSPS) is 18.3. The Morgan fingerprint density at radius 3 is 3.00 bits per heavy atom. The largest absolute Gasteiger partial charge is 0.366 e. The first-order chi connectivity index (χ1) is 2.89. The zero-order chi connectivity index (χ0) is 4.41. The minimum Gasteiger partial charge on any atom is -0.366 e. The Hall–Kier alpha value is -0.790. The van der Waals surface area contributed by atoms with Crippen molar-refractivity contribution in [1.29, 1.82) is 0 Å². The van der Waals surface area contributed by atoms with E-state index in [1.807, 2.05) is 0 Å². The van der Waals surface area contributed by atoms with Gasteiger partial charge in [-0.25, -0.2) is 0 Å². The second-order valence-electron chi connectivity index (χ2n) is 1.17. The molecule has 6 heavy (non-hydrogen) atoms. The van der Waals surface area contributed by atoms with Gasteiger partial charge in [-0.15, -0.1) is 0 Å². The van der Waals surface area contributed by atoms with Gasteiger partial charge in [0.2, 0.25) is 0 Å². The summed E-state index contributed by atoms with van der Waals surface area (Å²) >= 11 is 0. The van der Waals surface area contributed by atoms with Gasteiger partial charge in [0, 0.05) is 11.9 Å². The van der Waals surface area contributed by atoms with Gasteiger partial charge in [-0.05, 0) is 0 Å². The van der Waals surface area contributed by atoms with Crippen molar-refractivity contribution in [3.63, 3.8) is 0 Å². The second-order valence-corrected chi connectivity index (χ2v) is 1.17. The highest BCUT2D eigenvalue weighted by atomic mass is 15.1. The van der Waals surface area contributed by atoms with Gasteiger partial charge in [-0.2, -0.15) is 0 Å². The van der Waals surface area contributed by atoms with Crippen LogP contribution in [-0.4, -0.2) is 12.9 Å². The van der Waals surface area contributed by atoms with Crippen LogP contribution in [0.2, 0.25) is 0 Å². The molecule has 32 valence electrons. The van der Waals surface area contributed by atoms with Crippen LogP contribution in [0.1, 0.15) is 0 Å². The van der Waals surface area contributed by atoms with E-state index < -0.39 is 0 Å². The van der Waals surface area contributed by atoms with Crippen LogP contribution in [0.5, 0.6) is 0 Å². The highest BCUT2D eigenvalue weighted by Crippen LogP contribution is 1.83. The molecule has 0 saturated heterocycles. The molecule has 0 unspecified atom stereocenters. The number of aliphatic imine (C=N–C) groups is 1. The highest BCUT2D eigenvalue weighted by Gasteiger charge is 1.89. The van der Waals surface area contributed by atoms with Crippen LogP contribution < -0.4 is 5.32 Å². The van der Waals surface area contributed by atoms with Crippen molar-refractivity contribution in [3.05, 3.63) is 12.3 Å². The molecule has 0 aromatic heterocycles. The van der Waals surface area contributed by atoms with Crippen LogP contribution in [0.3, 0.4) is 0 Å². The molecular formula is C4H6N2. The van der Waals surface area contributed by atoms with Gasteiger partial charge in [0.15, 0.2) is 0 Å². The molecule has 1 N–H and O–H groups in total. The lowest BCUT2D eigenvalue weighted by Gasteiger charge is -1.84. The van der Waals surface area contributed by atoms with Gasteiger partial charge >= 0.3 is 0 Å². The van der Waals surface area contributed by atoms with Gasteiger partial charge in [0.1, 0.15) is 6.67 Å². The first-order valence-corrected chi connectivity index (χ1v) is 1.82. The molecule has 0 aliphatic carbocycles. The van der Waals surface area contributed by atoms with E-state index in [2.05, 4.69) is 16.9 Å². The van der Waals surface area contributed by atoms with E-state index in [9.17, 15) is 0 Å². The van der Waals surface area contributed by atoms with Crippen LogP contribution in [-0.2, 0) is 0 Å². The Morgan fingerprint density at radius 1 is 2.00 bits per heavy atom. The number of hydrogen-bond donors (Lipinski definition) is 1. The smallest absolute Gasteiger partial charge is 0.107 e. The summed E-state index contributed by atoms with van der Waals surface area (Å²) in [6.07, 6.45) is 1.72. The van der Waals surface area contributed by atoms with E-state index in [0.717, 1.165) is 5.70 Å². The zero-order valence-electron chi connectivity index (χ0n) is 3.44. The first-order valence-electron chi connectivity index (χ1n) is 1.82. The maximum absolute atomic E-state index is 3.83. The Kier molecular flexibility index (Phi) is 0.638. The van der Waals surface area contributed by atoms with Gasteiger partial charge in [-0.1, -0.05) is 6.58 Å². The molecule has 0 saturated carbocycles. The summed E-state index contributed by atoms with van der Waals surface area (Å²) in [4.78, 5) is 3.83. The molecule has 0 radical (unpaired) electrons. The molecule has 0 aromatic carbocycles. The topological polar surface area (TPSA) is 24.4 Å². The van der Waals surface area contributed by atoms with Crippen molar-refractivity contribution in [2.75, 3.05) is 6.67 Å². The molecule has 1 rings (SSSR count). The van der Waals surface area contributed by atoms with E-state index in [1.165, 1.54) is 0 Å². The summed E-state index contributed by atoms with van der Waals surface area (Å²) < 4.78 is 0. The fraction of sp³-hybridized carbons (Fsp3) is 0.250. The third-order valence-corrected chi connectivity index (χ3v) is 0.645. The summed E-state index contributed by atoms with van der Waals surface area (Å²) in [6.45, 7) is 4.30. The predicted octanol–water partition coefficient (Wildman–Crippen LogP) is 0.132. The maximum atomic E-state index is 3.83. The average Bonchev–Trinajstić information content (AvgIpc) is 1.86. The van der Waals surface area contributed by atoms with E-state index >= 15 is 0 Å². The van der Waals surface area contributed by atoms with E-state index in [1.54, 1.807) is 6.21 Å². The fourth-order valence-electron chi connectivity index (χ4n) is 0.349. The van der Waals surface area contributed by atoms with Crippen LogP contribution in [0, 0.1) is 0 Å². The van der Waals surface area contributed by atoms with Crippen molar-refractivity contribution in [2.24, 2.45) is 4.99 Å². The molecule has 1 aliphatic heterocycles. The number of nitrogens with one attached hydrogen (secondary N) is 1. The van der Waals surface area contributed by atoms with Crippen molar-refractivity contribution < 1.29 is 0 Å². The molecule has 0 amide bonds. The summed E-state index contributed by atoms with van der Waals surface area (Å²) in [5.41, 5.74) is 0.912. The Morgan fingerprint density at radius 2 is 2.83 bits per heavy atom. The van der Waals surface area contributed by atoms with E-state index in [0.29, 0.717) is 6.67 Å². The number of nitrogens with zero attached hydrogens (tertiary/aromatic N) is 1. The van der Waals surface area contributed by atoms with Gasteiger partial charge in [-0.3, -0.25) is 4.99 Å². The SMILES string of the molecule is C=C1C=NCN1. The minimum atomic E-state index is 0.707. The molecular weight excluding hydrogens is 76.1 g/mol. The van der Waals surface area contributed by atoms with Crippen LogP contribution in [0.15, 0.2) is 17.3 Å². The lowest BCUT2D eigenvalue weighted by Crippen LogP contribution is -2.03. The summed E-state index contributed by atoms with van der Waals surface area (Å²) in [6, 6.07) is 0. The average molecular weight is 82.1 g/mol. The molecule has 0 spiro atoms. The summed E-state index contributed by atoms with van der Waals surface area (Å²) in [7, 11) is 0. The number of hydrogen-bond acceptors (Lipinski definition) is 2. The Balaban J connectivity index is 2.59.